The highest BCUT2D eigenvalue weighted by atomic mass is 16.5. The van der Waals surface area contributed by atoms with E-state index in [0.29, 0.717) is 12.4 Å². The van der Waals surface area contributed by atoms with E-state index >= 15 is 0 Å². The molecule has 0 amide bonds. The zero-order valence-corrected chi connectivity index (χ0v) is 14.9. The summed E-state index contributed by atoms with van der Waals surface area (Å²) in [6.45, 7) is 4.85. The lowest BCUT2D eigenvalue weighted by molar-refractivity contribution is 0.109. The quantitative estimate of drug-likeness (QED) is 0.676. The first kappa shape index (κ1) is 16.1. The van der Waals surface area contributed by atoms with Gasteiger partial charge in [-0.15, -0.1) is 15.3 Å². The summed E-state index contributed by atoms with van der Waals surface area (Å²) in [5, 5.41) is 21.6. The van der Waals surface area contributed by atoms with Crippen molar-refractivity contribution in [1.82, 2.24) is 30.2 Å². The molecule has 2 aliphatic heterocycles. The van der Waals surface area contributed by atoms with Crippen molar-refractivity contribution in [1.29, 1.82) is 0 Å². The summed E-state index contributed by atoms with van der Waals surface area (Å²) in [4.78, 5) is 4.51. The Kier molecular flexibility index (Phi) is 4.13. The lowest BCUT2D eigenvalue weighted by atomic mass is 10.1. The first-order chi connectivity index (χ1) is 13.4. The van der Waals surface area contributed by atoms with E-state index in [0.717, 1.165) is 62.1 Å². The molecule has 5 heterocycles. The number of hydrogen-bond donors (Lipinski definition) is 0. The number of nitrogens with zero attached hydrogens (tertiary/aromatic N) is 8. The number of piperazine rings is 1. The van der Waals surface area contributed by atoms with Gasteiger partial charge in [-0.1, -0.05) is 0 Å². The van der Waals surface area contributed by atoms with Gasteiger partial charge in [-0.3, -0.25) is 0 Å². The summed E-state index contributed by atoms with van der Waals surface area (Å²) in [7, 11) is 0. The van der Waals surface area contributed by atoms with E-state index in [4.69, 9.17) is 4.74 Å². The Morgan fingerprint density at radius 2 is 1.59 bits per heavy atom. The predicted molar refractivity (Wildman–Crippen MR) is 99.0 cm³/mol. The number of hydrogen-bond acceptors (Lipinski definition) is 8. The minimum absolute atomic E-state index is 0.635. The van der Waals surface area contributed by atoms with Gasteiger partial charge in [0.05, 0.1) is 18.9 Å². The van der Waals surface area contributed by atoms with E-state index in [1.807, 2.05) is 24.4 Å². The molecule has 0 unspecified atom stereocenters. The fraction of sp³-hybridized carbons (Fsp3) is 0.389. The third kappa shape index (κ3) is 3.21. The van der Waals surface area contributed by atoms with Crippen LogP contribution in [0, 0.1) is 0 Å². The monoisotopic (exact) mass is 364 g/mol. The maximum atomic E-state index is 5.53. The molecule has 2 aliphatic rings. The van der Waals surface area contributed by atoms with Gasteiger partial charge in [0.15, 0.2) is 17.5 Å². The van der Waals surface area contributed by atoms with E-state index < -0.39 is 0 Å². The molecule has 3 aromatic heterocycles. The lowest BCUT2D eigenvalue weighted by Gasteiger charge is -2.35. The van der Waals surface area contributed by atoms with Crippen LogP contribution < -0.4 is 9.80 Å². The zero-order valence-electron chi connectivity index (χ0n) is 14.9. The molecule has 0 aliphatic carbocycles. The molecule has 9 heteroatoms. The van der Waals surface area contributed by atoms with Crippen LogP contribution in [-0.2, 0) is 17.8 Å². The van der Waals surface area contributed by atoms with Crippen molar-refractivity contribution in [2.24, 2.45) is 0 Å². The first-order valence-electron chi connectivity index (χ1n) is 9.14. The fourth-order valence-corrected chi connectivity index (χ4v) is 3.46. The molecule has 5 rings (SSSR count). The van der Waals surface area contributed by atoms with Crippen molar-refractivity contribution < 1.29 is 4.74 Å². The molecule has 0 atom stereocenters. The van der Waals surface area contributed by atoms with Gasteiger partial charge >= 0.3 is 0 Å². The van der Waals surface area contributed by atoms with Crippen molar-refractivity contribution in [2.75, 3.05) is 42.6 Å². The van der Waals surface area contributed by atoms with Gasteiger partial charge in [0.25, 0.3) is 0 Å². The number of anilines is 2. The van der Waals surface area contributed by atoms with E-state index in [1.54, 1.807) is 10.9 Å². The van der Waals surface area contributed by atoms with E-state index in [2.05, 4.69) is 41.4 Å². The first-order valence-corrected chi connectivity index (χ1v) is 9.14. The molecule has 0 radical (unpaired) electrons. The number of ether oxygens (including phenoxy) is 1. The smallest absolute Gasteiger partial charge is 0.175 e. The van der Waals surface area contributed by atoms with Gasteiger partial charge in [0.1, 0.15) is 0 Å². The molecule has 1 fully saturated rings. The molecule has 138 valence electrons. The minimum atomic E-state index is 0.635. The molecule has 3 aromatic rings. The van der Waals surface area contributed by atoms with Crippen molar-refractivity contribution in [3.63, 3.8) is 0 Å². The number of fused-ring (bicyclic) bond motifs is 1. The summed E-state index contributed by atoms with van der Waals surface area (Å²) in [6.07, 6.45) is 4.43. The van der Waals surface area contributed by atoms with Crippen LogP contribution in [0.4, 0.5) is 11.6 Å². The largest absolute Gasteiger partial charge is 0.376 e. The van der Waals surface area contributed by atoms with Crippen molar-refractivity contribution in [2.45, 2.75) is 13.0 Å². The topological polar surface area (TPSA) is 85.1 Å². The fourth-order valence-electron chi connectivity index (χ4n) is 3.46. The van der Waals surface area contributed by atoms with E-state index in [1.165, 1.54) is 0 Å². The van der Waals surface area contributed by atoms with Crippen LogP contribution in [-0.4, -0.2) is 63.0 Å². The second kappa shape index (κ2) is 6.92. The highest BCUT2D eigenvalue weighted by Gasteiger charge is 2.21. The minimum Gasteiger partial charge on any atom is -0.376 e. The Morgan fingerprint density at radius 1 is 0.852 bits per heavy atom. The van der Waals surface area contributed by atoms with E-state index in [-0.39, 0.29) is 0 Å². The van der Waals surface area contributed by atoms with Gasteiger partial charge in [-0.25, -0.2) is 4.68 Å². The molecular weight excluding hydrogens is 344 g/mol. The summed E-state index contributed by atoms with van der Waals surface area (Å²) in [5.41, 5.74) is 2.23. The van der Waals surface area contributed by atoms with Crippen LogP contribution in [0.15, 0.2) is 36.7 Å². The summed E-state index contributed by atoms with van der Waals surface area (Å²) in [5.74, 6) is 2.53. The highest BCUT2D eigenvalue weighted by molar-refractivity contribution is 5.46. The van der Waals surface area contributed by atoms with Crippen molar-refractivity contribution >= 4 is 11.6 Å². The summed E-state index contributed by atoms with van der Waals surface area (Å²) in [6, 6.07) is 7.92. The Bertz CT molecular complexity index is 904. The Hall–Kier alpha value is -3.07. The molecule has 0 spiro atoms. The Morgan fingerprint density at radius 3 is 2.33 bits per heavy atom. The lowest BCUT2D eigenvalue weighted by Crippen LogP contribution is -2.47. The third-order valence-electron chi connectivity index (χ3n) is 4.99. The zero-order chi connectivity index (χ0) is 18.1. The van der Waals surface area contributed by atoms with Gasteiger partial charge in [0.2, 0.25) is 0 Å². The van der Waals surface area contributed by atoms with Crippen molar-refractivity contribution in [3.8, 4) is 5.82 Å². The number of rotatable bonds is 3. The van der Waals surface area contributed by atoms with Crippen LogP contribution >= 0.6 is 0 Å². The maximum Gasteiger partial charge on any atom is 0.175 e. The second-order valence-electron chi connectivity index (χ2n) is 6.65. The molecule has 9 nitrogen and oxygen atoms in total. The molecule has 1 saturated heterocycles. The van der Waals surface area contributed by atoms with Crippen LogP contribution in [0.1, 0.15) is 11.3 Å². The normalized spacial score (nSPS) is 17.0. The SMILES string of the molecule is c1cnn(-c2ccc(N3CCN(c4cc5c(nn4)CCOC5)CC3)nn2)c1. The van der Waals surface area contributed by atoms with Gasteiger partial charge < -0.3 is 14.5 Å². The predicted octanol–water partition coefficient (Wildman–Crippen LogP) is 0.852. The molecule has 0 aromatic carbocycles. The second-order valence-corrected chi connectivity index (χ2v) is 6.65. The van der Waals surface area contributed by atoms with Crippen LogP contribution in [0.5, 0.6) is 0 Å². The maximum absolute atomic E-state index is 5.53. The average Bonchev–Trinajstić information content (AvgIpc) is 3.29. The number of aromatic nitrogens is 6. The summed E-state index contributed by atoms with van der Waals surface area (Å²) < 4.78 is 7.24. The third-order valence-corrected chi connectivity index (χ3v) is 4.99. The Balaban J connectivity index is 1.25. The van der Waals surface area contributed by atoms with Crippen LogP contribution in [0.25, 0.3) is 5.82 Å². The highest BCUT2D eigenvalue weighted by Crippen LogP contribution is 2.21. The molecule has 0 saturated carbocycles. The van der Waals surface area contributed by atoms with Gasteiger partial charge in [0, 0.05) is 50.6 Å². The standard InChI is InChI=1S/C18H20N8O/c1-5-19-26(6-1)17-3-2-16(21-22-17)24-7-9-25(10-8-24)18-12-14-13-27-11-4-15(14)20-23-18/h1-3,5-6,12H,4,7-11,13H2. The van der Waals surface area contributed by atoms with E-state index in [9.17, 15) is 0 Å². The molecule has 0 N–H and O–H groups in total. The summed E-state index contributed by atoms with van der Waals surface area (Å²) >= 11 is 0. The van der Waals surface area contributed by atoms with Gasteiger partial charge in [-0.2, -0.15) is 10.2 Å². The molecular formula is C18H20N8O. The van der Waals surface area contributed by atoms with Crippen LogP contribution in [0.3, 0.4) is 0 Å². The van der Waals surface area contributed by atoms with Crippen molar-refractivity contribution in [3.05, 3.63) is 47.9 Å². The Labute approximate surface area is 156 Å². The molecule has 0 bridgehead atoms. The van der Waals surface area contributed by atoms with Gasteiger partial charge in [-0.05, 0) is 24.3 Å². The van der Waals surface area contributed by atoms with Crippen LogP contribution in [0.2, 0.25) is 0 Å². The molecule has 27 heavy (non-hydrogen) atoms. The average molecular weight is 364 g/mol.